The van der Waals surface area contributed by atoms with Crippen LogP contribution in [0.15, 0.2) is 53.6 Å². The van der Waals surface area contributed by atoms with Crippen LogP contribution >= 0.6 is 0 Å². The van der Waals surface area contributed by atoms with Crippen molar-refractivity contribution in [2.45, 2.75) is 45.7 Å². The Balaban J connectivity index is 1.68. The standard InChI is InChI=1S/C29H36N4O5/c1-19(2)15-26(33-18-30-23-8-6-5-7-22(23)29(33)36)28(35)31-24(17-27(34)37-4)21-10-9-20(3)25(16-21)32-11-13-38-14-12-32/h5-10,16,18-19,24,26H,11-15,17H2,1-4H3,(H,31,35)/t24?,26-/m0/s1. The van der Waals surface area contributed by atoms with Crippen LogP contribution in [0.2, 0.25) is 0 Å². The normalized spacial score (nSPS) is 15.3. The second kappa shape index (κ2) is 12.2. The maximum absolute atomic E-state index is 13.8. The third kappa shape index (κ3) is 6.22. The van der Waals surface area contributed by atoms with Gasteiger partial charge in [-0.15, -0.1) is 0 Å². The van der Waals surface area contributed by atoms with Crippen molar-refractivity contribution in [3.8, 4) is 0 Å². The molecule has 1 fully saturated rings. The molecule has 1 N–H and O–H groups in total. The number of carbonyl (C=O) groups excluding carboxylic acids is 2. The molecular formula is C29H36N4O5. The van der Waals surface area contributed by atoms with Gasteiger partial charge in [0.25, 0.3) is 5.56 Å². The Hall–Kier alpha value is -3.72. The fraction of sp³-hybridized carbons (Fsp3) is 0.448. The third-order valence-corrected chi connectivity index (χ3v) is 6.93. The molecule has 0 aliphatic carbocycles. The second-order valence-corrected chi connectivity index (χ2v) is 10.1. The average molecular weight is 521 g/mol. The van der Waals surface area contributed by atoms with Gasteiger partial charge in [-0.2, -0.15) is 0 Å². The van der Waals surface area contributed by atoms with E-state index in [0.29, 0.717) is 30.5 Å². The maximum Gasteiger partial charge on any atom is 0.307 e. The van der Waals surface area contributed by atoms with Gasteiger partial charge >= 0.3 is 5.97 Å². The number of methoxy groups -OCH3 is 1. The van der Waals surface area contributed by atoms with E-state index in [-0.39, 0.29) is 23.8 Å². The Labute approximate surface area is 222 Å². The quantitative estimate of drug-likeness (QED) is 0.431. The second-order valence-electron chi connectivity index (χ2n) is 10.1. The average Bonchev–Trinajstić information content (AvgIpc) is 2.92. The summed E-state index contributed by atoms with van der Waals surface area (Å²) < 4.78 is 11.9. The largest absolute Gasteiger partial charge is 0.469 e. The molecule has 1 aliphatic heterocycles. The lowest BCUT2D eigenvalue weighted by Gasteiger charge is -2.31. The smallest absolute Gasteiger partial charge is 0.307 e. The van der Waals surface area contributed by atoms with Crippen molar-refractivity contribution in [2.75, 3.05) is 38.3 Å². The van der Waals surface area contributed by atoms with Crippen molar-refractivity contribution >= 4 is 28.5 Å². The first-order valence-electron chi connectivity index (χ1n) is 13.0. The molecule has 0 bridgehead atoms. The highest BCUT2D eigenvalue weighted by molar-refractivity contribution is 5.83. The number of aromatic nitrogens is 2. The molecule has 0 spiro atoms. The Morgan fingerprint density at radius 1 is 1.13 bits per heavy atom. The SMILES string of the molecule is COC(=O)CC(NC(=O)[C@H](CC(C)C)n1cnc2ccccc2c1=O)c1ccc(C)c(N2CCOCC2)c1. The molecular weight excluding hydrogens is 484 g/mol. The number of hydrogen-bond donors (Lipinski definition) is 1. The van der Waals surface area contributed by atoms with Crippen LogP contribution in [0, 0.1) is 12.8 Å². The summed E-state index contributed by atoms with van der Waals surface area (Å²) in [5.74, 6) is -0.649. The highest BCUT2D eigenvalue weighted by Gasteiger charge is 2.28. The van der Waals surface area contributed by atoms with Crippen LogP contribution in [0.5, 0.6) is 0 Å². The number of rotatable bonds is 9. The lowest BCUT2D eigenvalue weighted by molar-refractivity contribution is -0.141. The van der Waals surface area contributed by atoms with Gasteiger partial charge in [-0.05, 0) is 48.6 Å². The van der Waals surface area contributed by atoms with E-state index in [9.17, 15) is 14.4 Å². The van der Waals surface area contributed by atoms with Gasteiger partial charge in [0, 0.05) is 18.8 Å². The van der Waals surface area contributed by atoms with E-state index in [4.69, 9.17) is 9.47 Å². The molecule has 1 amide bonds. The van der Waals surface area contributed by atoms with E-state index in [2.05, 4.69) is 15.2 Å². The lowest BCUT2D eigenvalue weighted by atomic mass is 9.98. The number of nitrogens with zero attached hydrogens (tertiary/aromatic N) is 3. The molecule has 2 atom stereocenters. The number of amides is 1. The Bertz CT molecular complexity index is 1350. The Kier molecular flexibility index (Phi) is 8.78. The van der Waals surface area contributed by atoms with E-state index < -0.39 is 18.1 Å². The first kappa shape index (κ1) is 27.3. The molecule has 1 unspecified atom stereocenters. The van der Waals surface area contributed by atoms with Gasteiger partial charge in [-0.3, -0.25) is 19.0 Å². The number of esters is 1. The highest BCUT2D eigenvalue weighted by Crippen LogP contribution is 2.28. The molecule has 3 aromatic rings. The van der Waals surface area contributed by atoms with Crippen molar-refractivity contribution in [3.63, 3.8) is 0 Å². The number of nitrogens with one attached hydrogen (secondary N) is 1. The number of aryl methyl sites for hydroxylation is 1. The first-order valence-corrected chi connectivity index (χ1v) is 13.0. The summed E-state index contributed by atoms with van der Waals surface area (Å²) in [6, 6.07) is 11.6. The molecule has 4 rings (SSSR count). The van der Waals surface area contributed by atoms with Crippen LogP contribution in [0.3, 0.4) is 0 Å². The number of anilines is 1. The van der Waals surface area contributed by atoms with E-state index in [0.717, 1.165) is 29.9 Å². The Morgan fingerprint density at radius 3 is 2.58 bits per heavy atom. The van der Waals surface area contributed by atoms with Gasteiger partial charge in [0.2, 0.25) is 5.91 Å². The molecule has 2 heterocycles. The van der Waals surface area contributed by atoms with Crippen molar-refractivity contribution in [1.82, 2.24) is 14.9 Å². The number of para-hydroxylation sites is 1. The monoisotopic (exact) mass is 520 g/mol. The molecule has 9 heteroatoms. The van der Waals surface area contributed by atoms with Crippen molar-refractivity contribution in [2.24, 2.45) is 5.92 Å². The molecule has 0 saturated carbocycles. The summed E-state index contributed by atoms with van der Waals surface area (Å²) in [4.78, 5) is 46.2. The molecule has 38 heavy (non-hydrogen) atoms. The van der Waals surface area contributed by atoms with Gasteiger partial charge in [0.1, 0.15) is 6.04 Å². The summed E-state index contributed by atoms with van der Waals surface area (Å²) in [7, 11) is 1.33. The minimum absolute atomic E-state index is 0.0346. The fourth-order valence-corrected chi connectivity index (χ4v) is 4.86. The van der Waals surface area contributed by atoms with Crippen LogP contribution in [-0.2, 0) is 19.1 Å². The number of ether oxygens (including phenoxy) is 2. The summed E-state index contributed by atoms with van der Waals surface area (Å²) in [5.41, 5.74) is 3.25. The van der Waals surface area contributed by atoms with Crippen LogP contribution in [0.25, 0.3) is 10.9 Å². The zero-order valence-corrected chi connectivity index (χ0v) is 22.5. The molecule has 1 saturated heterocycles. The molecule has 9 nitrogen and oxygen atoms in total. The molecule has 0 radical (unpaired) electrons. The number of morpholine rings is 1. The predicted molar refractivity (Wildman–Crippen MR) is 146 cm³/mol. The third-order valence-electron chi connectivity index (χ3n) is 6.93. The maximum atomic E-state index is 13.8. The highest BCUT2D eigenvalue weighted by atomic mass is 16.5. The van der Waals surface area contributed by atoms with Crippen molar-refractivity contribution in [1.29, 1.82) is 0 Å². The molecule has 2 aromatic carbocycles. The molecule has 202 valence electrons. The molecule has 1 aliphatic rings. The van der Waals surface area contributed by atoms with Gasteiger partial charge in [0.15, 0.2) is 0 Å². The molecule has 1 aromatic heterocycles. The number of hydrogen-bond acceptors (Lipinski definition) is 7. The van der Waals surface area contributed by atoms with Gasteiger partial charge in [-0.25, -0.2) is 4.98 Å². The lowest BCUT2D eigenvalue weighted by Crippen LogP contribution is -2.40. The Morgan fingerprint density at radius 2 is 1.87 bits per heavy atom. The van der Waals surface area contributed by atoms with Crippen LogP contribution < -0.4 is 15.8 Å². The number of carbonyl (C=O) groups is 2. The van der Waals surface area contributed by atoms with Gasteiger partial charge in [0.05, 0.1) is 50.0 Å². The van der Waals surface area contributed by atoms with E-state index in [1.165, 1.54) is 18.0 Å². The predicted octanol–water partition coefficient (Wildman–Crippen LogP) is 3.55. The van der Waals surface area contributed by atoms with E-state index >= 15 is 0 Å². The van der Waals surface area contributed by atoms with Crippen LogP contribution in [-0.4, -0.2) is 54.8 Å². The minimum atomic E-state index is -0.788. The fourth-order valence-electron chi connectivity index (χ4n) is 4.86. The number of fused-ring (bicyclic) bond motifs is 1. The summed E-state index contributed by atoms with van der Waals surface area (Å²) in [5, 5.41) is 3.51. The van der Waals surface area contributed by atoms with Crippen LogP contribution in [0.4, 0.5) is 5.69 Å². The number of benzene rings is 2. The summed E-state index contributed by atoms with van der Waals surface area (Å²) in [6.45, 7) is 8.88. The van der Waals surface area contributed by atoms with Crippen molar-refractivity contribution in [3.05, 3.63) is 70.3 Å². The van der Waals surface area contributed by atoms with E-state index in [1.54, 1.807) is 18.2 Å². The van der Waals surface area contributed by atoms with Gasteiger partial charge in [-0.1, -0.05) is 38.1 Å². The van der Waals surface area contributed by atoms with Crippen LogP contribution in [0.1, 0.15) is 49.9 Å². The zero-order chi connectivity index (χ0) is 27.2. The van der Waals surface area contributed by atoms with E-state index in [1.807, 2.05) is 45.0 Å². The minimum Gasteiger partial charge on any atom is -0.469 e. The van der Waals surface area contributed by atoms with Crippen molar-refractivity contribution < 1.29 is 19.1 Å². The summed E-state index contributed by atoms with van der Waals surface area (Å²) in [6.07, 6.45) is 1.84. The first-order chi connectivity index (χ1) is 18.3. The zero-order valence-electron chi connectivity index (χ0n) is 22.5. The summed E-state index contributed by atoms with van der Waals surface area (Å²) >= 11 is 0. The van der Waals surface area contributed by atoms with Gasteiger partial charge < -0.3 is 19.7 Å². The topological polar surface area (TPSA) is 103 Å².